The van der Waals surface area contributed by atoms with Crippen molar-refractivity contribution in [1.82, 2.24) is 10.6 Å². The molecule has 1 unspecified atom stereocenters. The molecule has 1 rings (SSSR count). The summed E-state index contributed by atoms with van der Waals surface area (Å²) in [7, 11) is 0. The summed E-state index contributed by atoms with van der Waals surface area (Å²) in [4.78, 5) is 22.3. The van der Waals surface area contributed by atoms with Crippen molar-refractivity contribution < 1.29 is 14.3 Å². The fraction of sp³-hybridized carbons (Fsp3) is 0.385. The number of hydrogen-bond donors (Lipinski definition) is 3. The van der Waals surface area contributed by atoms with Crippen molar-refractivity contribution in [1.29, 1.82) is 0 Å². The van der Waals surface area contributed by atoms with Crippen molar-refractivity contribution in [2.75, 3.05) is 19.6 Å². The topological polar surface area (TPSA) is 93.5 Å². The van der Waals surface area contributed by atoms with E-state index in [4.69, 9.17) is 10.5 Å². The van der Waals surface area contributed by atoms with E-state index in [-0.39, 0.29) is 31.0 Å². The molecule has 1 aromatic carbocycles. The molecule has 0 aromatic heterocycles. The van der Waals surface area contributed by atoms with Crippen molar-refractivity contribution in [3.05, 3.63) is 30.3 Å². The van der Waals surface area contributed by atoms with Crippen LogP contribution in [0.3, 0.4) is 0 Å². The summed E-state index contributed by atoms with van der Waals surface area (Å²) in [5.41, 5.74) is 5.10. The minimum absolute atomic E-state index is 0.0753. The second-order valence-electron chi connectivity index (χ2n) is 4.03. The highest BCUT2D eigenvalue weighted by Gasteiger charge is 2.07. The maximum atomic E-state index is 11.4. The molecule has 0 heterocycles. The van der Waals surface area contributed by atoms with Gasteiger partial charge in [-0.1, -0.05) is 18.2 Å². The lowest BCUT2D eigenvalue weighted by Gasteiger charge is -2.15. The number of hydrogen-bond acceptors (Lipinski definition) is 4. The molecule has 0 saturated heterocycles. The molecule has 0 aliphatic heterocycles. The van der Waals surface area contributed by atoms with E-state index in [1.807, 2.05) is 37.3 Å². The standard InChI is InChI=1S/C13H19N3O3/c1-10(19-11-5-3-2-4-6-11)8-15-13(18)9-16-12(17)7-14/h2-6,10H,7-9,14H2,1H3,(H,15,18)(H,16,17). The number of ether oxygens (including phenoxy) is 1. The Bertz CT molecular complexity index is 409. The summed E-state index contributed by atoms with van der Waals surface area (Å²) < 4.78 is 5.59. The highest BCUT2D eigenvalue weighted by Crippen LogP contribution is 2.10. The zero-order chi connectivity index (χ0) is 14.1. The molecule has 19 heavy (non-hydrogen) atoms. The van der Waals surface area contributed by atoms with Crippen LogP contribution in [0.1, 0.15) is 6.92 Å². The van der Waals surface area contributed by atoms with Crippen LogP contribution in [0.15, 0.2) is 30.3 Å². The molecule has 0 aliphatic carbocycles. The molecule has 4 N–H and O–H groups in total. The van der Waals surface area contributed by atoms with Crippen molar-refractivity contribution in [2.45, 2.75) is 13.0 Å². The first-order valence-corrected chi connectivity index (χ1v) is 6.07. The number of carbonyl (C=O) groups excluding carboxylic acids is 2. The highest BCUT2D eigenvalue weighted by atomic mass is 16.5. The zero-order valence-corrected chi connectivity index (χ0v) is 10.9. The van der Waals surface area contributed by atoms with Gasteiger partial charge in [-0.2, -0.15) is 0 Å². The Hall–Kier alpha value is -2.08. The van der Waals surface area contributed by atoms with Crippen molar-refractivity contribution in [3.63, 3.8) is 0 Å². The summed E-state index contributed by atoms with van der Waals surface area (Å²) >= 11 is 0. The van der Waals surface area contributed by atoms with E-state index in [1.165, 1.54) is 0 Å². The SMILES string of the molecule is CC(CNC(=O)CNC(=O)CN)Oc1ccccc1. The van der Waals surface area contributed by atoms with Gasteiger partial charge in [0.25, 0.3) is 0 Å². The molecule has 0 aliphatic rings. The molecular weight excluding hydrogens is 246 g/mol. The monoisotopic (exact) mass is 265 g/mol. The maximum absolute atomic E-state index is 11.4. The summed E-state index contributed by atoms with van der Waals surface area (Å²) in [6.07, 6.45) is -0.156. The van der Waals surface area contributed by atoms with E-state index in [9.17, 15) is 9.59 Å². The van der Waals surface area contributed by atoms with Gasteiger partial charge in [0, 0.05) is 0 Å². The average molecular weight is 265 g/mol. The maximum Gasteiger partial charge on any atom is 0.239 e. The number of carbonyl (C=O) groups is 2. The van der Waals surface area contributed by atoms with E-state index in [0.717, 1.165) is 5.75 Å². The Morgan fingerprint density at radius 3 is 2.53 bits per heavy atom. The Morgan fingerprint density at radius 2 is 1.89 bits per heavy atom. The smallest absolute Gasteiger partial charge is 0.239 e. The van der Waals surface area contributed by atoms with Crippen LogP contribution in [0.5, 0.6) is 5.75 Å². The summed E-state index contributed by atoms with van der Waals surface area (Å²) in [5, 5.41) is 5.05. The summed E-state index contributed by atoms with van der Waals surface area (Å²) in [6.45, 7) is 2.02. The van der Waals surface area contributed by atoms with Crippen LogP contribution in [0.4, 0.5) is 0 Å². The third-order valence-electron chi connectivity index (χ3n) is 2.30. The van der Waals surface area contributed by atoms with E-state index in [0.29, 0.717) is 6.54 Å². The van der Waals surface area contributed by atoms with Gasteiger partial charge in [-0.25, -0.2) is 0 Å². The molecule has 1 aromatic rings. The van der Waals surface area contributed by atoms with Gasteiger partial charge in [-0.05, 0) is 19.1 Å². The van der Waals surface area contributed by atoms with Gasteiger partial charge in [-0.15, -0.1) is 0 Å². The predicted molar refractivity (Wildman–Crippen MR) is 71.6 cm³/mol. The number of benzene rings is 1. The van der Waals surface area contributed by atoms with Gasteiger partial charge in [-0.3, -0.25) is 9.59 Å². The van der Waals surface area contributed by atoms with E-state index in [2.05, 4.69) is 10.6 Å². The average Bonchev–Trinajstić information content (AvgIpc) is 2.43. The Balaban J connectivity index is 2.21. The number of rotatable bonds is 7. The van der Waals surface area contributed by atoms with Crippen LogP contribution in [-0.2, 0) is 9.59 Å². The second kappa shape index (κ2) is 8.10. The number of amides is 2. The molecule has 6 heteroatoms. The Kier molecular flexibility index (Phi) is 6.38. The molecule has 2 amide bonds. The lowest BCUT2D eigenvalue weighted by molar-refractivity contribution is -0.125. The van der Waals surface area contributed by atoms with E-state index < -0.39 is 0 Å². The normalized spacial score (nSPS) is 11.5. The molecular formula is C13H19N3O3. The second-order valence-corrected chi connectivity index (χ2v) is 4.03. The fourth-order valence-corrected chi connectivity index (χ4v) is 1.34. The molecule has 0 fully saturated rings. The van der Waals surface area contributed by atoms with Crippen LogP contribution in [-0.4, -0.2) is 37.6 Å². The summed E-state index contributed by atoms with van der Waals surface area (Å²) in [6, 6.07) is 9.35. The van der Waals surface area contributed by atoms with Gasteiger partial charge < -0.3 is 21.1 Å². The molecule has 104 valence electrons. The molecule has 0 bridgehead atoms. The van der Waals surface area contributed by atoms with Gasteiger partial charge >= 0.3 is 0 Å². The number of nitrogens with one attached hydrogen (secondary N) is 2. The van der Waals surface area contributed by atoms with Gasteiger partial charge in [0.1, 0.15) is 11.9 Å². The zero-order valence-electron chi connectivity index (χ0n) is 10.9. The highest BCUT2D eigenvalue weighted by molar-refractivity contribution is 5.85. The number of para-hydroxylation sites is 1. The molecule has 0 spiro atoms. The van der Waals surface area contributed by atoms with Gasteiger partial charge in [0.05, 0.1) is 19.6 Å². The van der Waals surface area contributed by atoms with Crippen molar-refractivity contribution >= 4 is 11.8 Å². The van der Waals surface area contributed by atoms with Gasteiger partial charge in [0.15, 0.2) is 0 Å². The van der Waals surface area contributed by atoms with Crippen LogP contribution in [0.2, 0.25) is 0 Å². The van der Waals surface area contributed by atoms with Crippen molar-refractivity contribution in [2.24, 2.45) is 5.73 Å². The van der Waals surface area contributed by atoms with Crippen molar-refractivity contribution in [3.8, 4) is 5.75 Å². The predicted octanol–water partition coefficient (Wildman–Crippen LogP) is -0.355. The number of nitrogens with two attached hydrogens (primary N) is 1. The molecule has 1 atom stereocenters. The van der Waals surface area contributed by atoms with Gasteiger partial charge in [0.2, 0.25) is 11.8 Å². The van der Waals surface area contributed by atoms with Crippen LogP contribution < -0.4 is 21.1 Å². The first-order valence-electron chi connectivity index (χ1n) is 6.07. The van der Waals surface area contributed by atoms with E-state index in [1.54, 1.807) is 0 Å². The first kappa shape index (κ1) is 15.0. The minimum atomic E-state index is -0.358. The molecule has 0 saturated carbocycles. The molecule has 0 radical (unpaired) electrons. The Labute approximate surface area is 112 Å². The fourth-order valence-electron chi connectivity index (χ4n) is 1.34. The lowest BCUT2D eigenvalue weighted by Crippen LogP contribution is -2.42. The van der Waals surface area contributed by atoms with Crippen LogP contribution in [0.25, 0.3) is 0 Å². The minimum Gasteiger partial charge on any atom is -0.489 e. The van der Waals surface area contributed by atoms with Crippen LogP contribution >= 0.6 is 0 Å². The first-order chi connectivity index (χ1) is 9.11. The quantitative estimate of drug-likeness (QED) is 0.628. The third kappa shape index (κ3) is 6.42. The third-order valence-corrected chi connectivity index (χ3v) is 2.30. The lowest BCUT2D eigenvalue weighted by atomic mass is 10.3. The van der Waals surface area contributed by atoms with E-state index >= 15 is 0 Å². The largest absolute Gasteiger partial charge is 0.489 e. The Morgan fingerprint density at radius 1 is 1.21 bits per heavy atom. The summed E-state index contributed by atoms with van der Waals surface area (Å²) in [5.74, 6) is 0.120. The molecule has 6 nitrogen and oxygen atoms in total. The van der Waals surface area contributed by atoms with Crippen LogP contribution in [0, 0.1) is 0 Å².